The van der Waals surface area contributed by atoms with E-state index in [1.165, 1.54) is 30.4 Å². The van der Waals surface area contributed by atoms with Crippen molar-refractivity contribution in [1.82, 2.24) is 5.32 Å². The molecule has 1 aliphatic carbocycles. The molecule has 4 rings (SSSR count). The number of rotatable bonds is 8. The molecule has 0 fully saturated rings. The minimum atomic E-state index is -1.04. The number of carboxylic acids is 1. The molecule has 2 atom stereocenters. The van der Waals surface area contributed by atoms with Crippen LogP contribution in [0.1, 0.15) is 39.6 Å². The Kier molecular flexibility index (Phi) is 7.18. The van der Waals surface area contributed by atoms with Crippen LogP contribution in [-0.2, 0) is 12.8 Å². The molecule has 3 aromatic rings. The lowest BCUT2D eigenvalue weighted by atomic mass is 9.88. The molecular weight excluding hydrogens is 442 g/mol. The van der Waals surface area contributed by atoms with Crippen molar-refractivity contribution in [3.05, 3.63) is 87.9 Å². The Hall–Kier alpha value is -3.06. The molecule has 0 unspecified atom stereocenters. The monoisotopic (exact) mass is 467 g/mol. The molecule has 172 valence electrons. The van der Waals surface area contributed by atoms with Gasteiger partial charge in [-0.1, -0.05) is 29.8 Å². The van der Waals surface area contributed by atoms with Gasteiger partial charge in [-0.05, 0) is 72.4 Å². The van der Waals surface area contributed by atoms with Crippen LogP contribution in [-0.4, -0.2) is 35.9 Å². The summed E-state index contributed by atoms with van der Waals surface area (Å²) in [6.45, 7) is 0.443. The summed E-state index contributed by atoms with van der Waals surface area (Å²) in [5.74, 6) is 0.420. The summed E-state index contributed by atoms with van der Waals surface area (Å²) < 4.78 is 11.2. The standard InChI is InChI=1S/C26H26ClNO5/c1-32-23-12-19(26(30)31)13-24(14-23)33-22-8-6-16-5-7-21(10-18(16)11-22)28-15-25(29)17-3-2-4-20(27)9-17/h2-4,6,8-9,11-14,21,25,28-29H,5,7,10,15H2,1H3,(H,30,31)/t21-,25+/m0/s1. The first kappa shape index (κ1) is 23.1. The Balaban J connectivity index is 1.42. The van der Waals surface area contributed by atoms with E-state index in [9.17, 15) is 15.0 Å². The lowest BCUT2D eigenvalue weighted by Crippen LogP contribution is -2.37. The number of aliphatic hydroxyl groups excluding tert-OH is 1. The normalized spacial score (nSPS) is 16.0. The number of methoxy groups -OCH3 is 1. The predicted molar refractivity (Wildman–Crippen MR) is 127 cm³/mol. The number of fused-ring (bicyclic) bond motifs is 1. The minimum absolute atomic E-state index is 0.102. The molecule has 0 aliphatic heterocycles. The maximum atomic E-state index is 11.4. The lowest BCUT2D eigenvalue weighted by Gasteiger charge is -2.27. The van der Waals surface area contributed by atoms with Crippen molar-refractivity contribution in [2.24, 2.45) is 0 Å². The number of aryl methyl sites for hydroxylation is 1. The van der Waals surface area contributed by atoms with E-state index in [0.717, 1.165) is 24.8 Å². The highest BCUT2D eigenvalue weighted by molar-refractivity contribution is 6.30. The van der Waals surface area contributed by atoms with Crippen LogP contribution in [0.25, 0.3) is 0 Å². The molecule has 0 radical (unpaired) electrons. The van der Waals surface area contributed by atoms with E-state index in [1.54, 1.807) is 18.2 Å². The van der Waals surface area contributed by atoms with Crippen LogP contribution in [0.15, 0.2) is 60.7 Å². The van der Waals surface area contributed by atoms with Crippen LogP contribution in [0.2, 0.25) is 5.02 Å². The second-order valence-electron chi connectivity index (χ2n) is 8.15. The summed E-state index contributed by atoms with van der Waals surface area (Å²) in [6.07, 6.45) is 2.10. The Labute approximate surface area is 197 Å². The van der Waals surface area contributed by atoms with Gasteiger partial charge in [0.2, 0.25) is 0 Å². The summed E-state index contributed by atoms with van der Waals surface area (Å²) in [5, 5.41) is 23.9. The van der Waals surface area contributed by atoms with Crippen LogP contribution >= 0.6 is 11.6 Å². The number of aliphatic hydroxyl groups is 1. The van der Waals surface area contributed by atoms with Crippen LogP contribution in [0, 0.1) is 0 Å². The molecule has 0 heterocycles. The lowest BCUT2D eigenvalue weighted by molar-refractivity contribution is 0.0696. The van der Waals surface area contributed by atoms with E-state index in [-0.39, 0.29) is 11.6 Å². The molecular formula is C26H26ClNO5. The molecule has 7 heteroatoms. The predicted octanol–water partition coefficient (Wildman–Crippen LogP) is 5.02. The van der Waals surface area contributed by atoms with Crippen LogP contribution in [0.3, 0.4) is 0 Å². The summed E-state index contributed by atoms with van der Waals surface area (Å²) in [7, 11) is 1.49. The van der Waals surface area contributed by atoms with Gasteiger partial charge in [0.25, 0.3) is 0 Å². The molecule has 6 nitrogen and oxygen atoms in total. The fourth-order valence-corrected chi connectivity index (χ4v) is 4.29. The number of nitrogens with one attached hydrogen (secondary N) is 1. The summed E-state index contributed by atoms with van der Waals surface area (Å²) in [6, 6.07) is 18.0. The maximum absolute atomic E-state index is 11.4. The van der Waals surface area contributed by atoms with E-state index in [0.29, 0.717) is 28.8 Å². The second-order valence-corrected chi connectivity index (χ2v) is 8.59. The number of carboxylic acid groups (broad SMARTS) is 1. The number of hydrogen-bond acceptors (Lipinski definition) is 5. The molecule has 0 aromatic heterocycles. The second kappa shape index (κ2) is 10.3. The Morgan fingerprint density at radius 1 is 1.09 bits per heavy atom. The number of ether oxygens (including phenoxy) is 2. The molecule has 1 aliphatic rings. The van der Waals surface area contributed by atoms with Crippen molar-refractivity contribution >= 4 is 17.6 Å². The van der Waals surface area contributed by atoms with E-state index in [2.05, 4.69) is 11.4 Å². The Morgan fingerprint density at radius 2 is 1.91 bits per heavy atom. The Bertz CT molecular complexity index is 1150. The van der Waals surface area contributed by atoms with Gasteiger partial charge in [-0.15, -0.1) is 0 Å². The number of halogens is 1. The fraction of sp³-hybridized carbons (Fsp3) is 0.269. The van der Waals surface area contributed by atoms with Crippen molar-refractivity contribution < 1.29 is 24.5 Å². The highest BCUT2D eigenvalue weighted by atomic mass is 35.5. The molecule has 3 N–H and O–H groups in total. The van der Waals surface area contributed by atoms with Gasteiger partial charge in [0.05, 0.1) is 18.8 Å². The molecule has 0 spiro atoms. The number of carbonyl (C=O) groups is 1. The van der Waals surface area contributed by atoms with Crippen molar-refractivity contribution in [2.75, 3.05) is 13.7 Å². The molecule has 0 bridgehead atoms. The average molecular weight is 468 g/mol. The van der Waals surface area contributed by atoms with E-state index < -0.39 is 12.1 Å². The average Bonchev–Trinajstić information content (AvgIpc) is 2.82. The molecule has 0 amide bonds. The van der Waals surface area contributed by atoms with Gasteiger partial charge in [0.1, 0.15) is 17.2 Å². The minimum Gasteiger partial charge on any atom is -0.497 e. The quantitative estimate of drug-likeness (QED) is 0.431. The van der Waals surface area contributed by atoms with Gasteiger partial charge in [-0.2, -0.15) is 0 Å². The first-order valence-electron chi connectivity index (χ1n) is 10.8. The van der Waals surface area contributed by atoms with E-state index >= 15 is 0 Å². The largest absolute Gasteiger partial charge is 0.497 e. The number of aromatic carboxylic acids is 1. The van der Waals surface area contributed by atoms with Gasteiger partial charge in [0, 0.05) is 23.7 Å². The van der Waals surface area contributed by atoms with Gasteiger partial charge < -0.3 is 25.0 Å². The van der Waals surface area contributed by atoms with Gasteiger partial charge in [-0.25, -0.2) is 4.79 Å². The smallest absolute Gasteiger partial charge is 0.335 e. The summed E-state index contributed by atoms with van der Waals surface area (Å²) in [5.41, 5.74) is 3.34. The third kappa shape index (κ3) is 5.85. The molecule has 0 saturated heterocycles. The fourth-order valence-electron chi connectivity index (χ4n) is 4.09. The summed E-state index contributed by atoms with van der Waals surface area (Å²) >= 11 is 6.03. The topological polar surface area (TPSA) is 88.0 Å². The van der Waals surface area contributed by atoms with Crippen molar-refractivity contribution in [3.8, 4) is 17.2 Å². The molecule has 33 heavy (non-hydrogen) atoms. The SMILES string of the molecule is COc1cc(Oc2ccc3c(c2)C[C@@H](NC[C@@H](O)c2cccc(Cl)c2)CC3)cc(C(=O)O)c1. The zero-order chi connectivity index (χ0) is 23.4. The first-order valence-corrected chi connectivity index (χ1v) is 11.2. The van der Waals surface area contributed by atoms with Gasteiger partial charge in [0.15, 0.2) is 0 Å². The third-order valence-electron chi connectivity index (χ3n) is 5.84. The highest BCUT2D eigenvalue weighted by Crippen LogP contribution is 2.31. The first-order chi connectivity index (χ1) is 15.9. The zero-order valence-corrected chi connectivity index (χ0v) is 19.0. The van der Waals surface area contributed by atoms with Crippen LogP contribution in [0.5, 0.6) is 17.2 Å². The van der Waals surface area contributed by atoms with Gasteiger partial charge >= 0.3 is 5.97 Å². The van der Waals surface area contributed by atoms with Crippen molar-refractivity contribution in [3.63, 3.8) is 0 Å². The zero-order valence-electron chi connectivity index (χ0n) is 18.3. The van der Waals surface area contributed by atoms with E-state index in [4.69, 9.17) is 21.1 Å². The number of benzene rings is 3. The molecule has 0 saturated carbocycles. The third-order valence-corrected chi connectivity index (χ3v) is 6.07. The van der Waals surface area contributed by atoms with Crippen molar-refractivity contribution in [1.29, 1.82) is 0 Å². The maximum Gasteiger partial charge on any atom is 0.335 e. The van der Waals surface area contributed by atoms with Crippen LogP contribution < -0.4 is 14.8 Å². The van der Waals surface area contributed by atoms with Gasteiger partial charge in [-0.3, -0.25) is 0 Å². The van der Waals surface area contributed by atoms with E-state index in [1.807, 2.05) is 24.3 Å². The molecule has 3 aromatic carbocycles. The van der Waals surface area contributed by atoms with Crippen LogP contribution in [0.4, 0.5) is 0 Å². The summed E-state index contributed by atoms with van der Waals surface area (Å²) in [4.78, 5) is 11.4. The highest BCUT2D eigenvalue weighted by Gasteiger charge is 2.20. The Morgan fingerprint density at radius 3 is 2.67 bits per heavy atom. The van der Waals surface area contributed by atoms with Crippen molar-refractivity contribution in [2.45, 2.75) is 31.4 Å². The number of hydrogen-bond donors (Lipinski definition) is 3.